The number of carbonyl (C=O) groups excluding carboxylic acids is 2. The Balaban J connectivity index is 1.55. The van der Waals surface area contributed by atoms with E-state index in [0.717, 1.165) is 36.2 Å². The van der Waals surface area contributed by atoms with Gasteiger partial charge in [0.25, 0.3) is 5.91 Å². The van der Waals surface area contributed by atoms with Crippen LogP contribution in [0.15, 0.2) is 12.3 Å². The van der Waals surface area contributed by atoms with Gasteiger partial charge in [-0.2, -0.15) is 5.10 Å². The fourth-order valence-electron chi connectivity index (χ4n) is 4.00. The smallest absolute Gasteiger partial charge is 0.274 e. The summed E-state index contributed by atoms with van der Waals surface area (Å²) in [4.78, 5) is 37.8. The van der Waals surface area contributed by atoms with Crippen LogP contribution in [0.25, 0.3) is 0 Å². The number of hydrogen-bond donors (Lipinski definition) is 1. The highest BCUT2D eigenvalue weighted by Crippen LogP contribution is 2.32. The topological polar surface area (TPSA) is 95.1 Å². The minimum absolute atomic E-state index is 0.0703. The molecule has 1 fully saturated rings. The first-order valence-electron chi connectivity index (χ1n) is 10.2. The number of fused-ring (bicyclic) bond motifs is 1. The van der Waals surface area contributed by atoms with E-state index in [1.165, 1.54) is 0 Å². The predicted octanol–water partition coefficient (Wildman–Crippen LogP) is 2.38. The Bertz CT molecular complexity index is 945. The van der Waals surface area contributed by atoms with E-state index in [-0.39, 0.29) is 23.3 Å². The van der Waals surface area contributed by atoms with Crippen molar-refractivity contribution in [1.29, 1.82) is 0 Å². The van der Waals surface area contributed by atoms with Gasteiger partial charge in [-0.3, -0.25) is 14.7 Å². The van der Waals surface area contributed by atoms with Gasteiger partial charge in [-0.1, -0.05) is 20.8 Å². The van der Waals surface area contributed by atoms with Gasteiger partial charge in [0.05, 0.1) is 11.7 Å². The summed E-state index contributed by atoms with van der Waals surface area (Å²) < 4.78 is 0. The fraction of sp³-hybridized carbons (Fsp3) is 0.571. The van der Waals surface area contributed by atoms with Crippen molar-refractivity contribution in [2.75, 3.05) is 13.1 Å². The van der Waals surface area contributed by atoms with Crippen LogP contribution in [-0.2, 0) is 23.2 Å². The van der Waals surface area contributed by atoms with E-state index < -0.39 is 0 Å². The maximum Gasteiger partial charge on any atom is 0.274 e. The van der Waals surface area contributed by atoms with E-state index in [1.54, 1.807) is 11.8 Å². The number of aromatic nitrogens is 4. The molecule has 154 valence electrons. The fourth-order valence-corrected chi connectivity index (χ4v) is 4.00. The standard InChI is InChI=1S/C21H28N6O2/c1-13(28)26-9-7-15-14(12-26)11-22-19(23-15)17-6-5-8-27(17)20(29)16-10-18(25-24-16)21(2,3)4/h10-11,17H,5-9,12H2,1-4H3,(H,24,25)/t17-/m0/s1. The molecule has 2 aliphatic rings. The molecule has 0 saturated carbocycles. The van der Waals surface area contributed by atoms with Crippen molar-refractivity contribution in [1.82, 2.24) is 30.0 Å². The van der Waals surface area contributed by atoms with Crippen LogP contribution >= 0.6 is 0 Å². The SMILES string of the molecule is CC(=O)N1CCc2nc([C@@H]3CCCN3C(=O)c3cc(C(C)(C)C)[nH]n3)ncc2C1. The van der Waals surface area contributed by atoms with Crippen molar-refractivity contribution in [2.45, 2.75) is 65.0 Å². The van der Waals surface area contributed by atoms with Crippen LogP contribution in [0.4, 0.5) is 0 Å². The highest BCUT2D eigenvalue weighted by Gasteiger charge is 2.35. The highest BCUT2D eigenvalue weighted by molar-refractivity contribution is 5.92. The van der Waals surface area contributed by atoms with Crippen LogP contribution < -0.4 is 0 Å². The molecule has 2 aromatic heterocycles. The maximum absolute atomic E-state index is 13.1. The summed E-state index contributed by atoms with van der Waals surface area (Å²) in [6, 6.07) is 1.72. The molecule has 1 atom stereocenters. The molecule has 0 spiro atoms. The summed E-state index contributed by atoms with van der Waals surface area (Å²) >= 11 is 0. The van der Waals surface area contributed by atoms with E-state index in [1.807, 2.05) is 17.2 Å². The van der Waals surface area contributed by atoms with Crippen molar-refractivity contribution in [3.63, 3.8) is 0 Å². The Kier molecular flexibility index (Phi) is 4.88. The Morgan fingerprint density at radius 3 is 2.72 bits per heavy atom. The van der Waals surface area contributed by atoms with Crippen molar-refractivity contribution in [2.24, 2.45) is 0 Å². The van der Waals surface area contributed by atoms with Crippen molar-refractivity contribution < 1.29 is 9.59 Å². The van der Waals surface area contributed by atoms with E-state index in [0.29, 0.717) is 31.2 Å². The molecule has 1 N–H and O–H groups in total. The lowest BCUT2D eigenvalue weighted by Gasteiger charge is -2.28. The third-order valence-corrected chi connectivity index (χ3v) is 5.81. The molecule has 0 unspecified atom stereocenters. The lowest BCUT2D eigenvalue weighted by molar-refractivity contribution is -0.129. The van der Waals surface area contributed by atoms with Gasteiger partial charge in [0.2, 0.25) is 5.91 Å². The minimum Gasteiger partial charge on any atom is -0.338 e. The van der Waals surface area contributed by atoms with Gasteiger partial charge in [0.15, 0.2) is 5.82 Å². The zero-order chi connectivity index (χ0) is 20.8. The van der Waals surface area contributed by atoms with Crippen LogP contribution in [0.3, 0.4) is 0 Å². The molecule has 2 aromatic rings. The molecule has 0 radical (unpaired) electrons. The average molecular weight is 396 g/mol. The van der Waals surface area contributed by atoms with Gasteiger partial charge >= 0.3 is 0 Å². The third kappa shape index (κ3) is 3.75. The largest absolute Gasteiger partial charge is 0.338 e. The first kappa shape index (κ1) is 19.5. The summed E-state index contributed by atoms with van der Waals surface area (Å²) in [5, 5.41) is 7.25. The second-order valence-corrected chi connectivity index (χ2v) is 8.96. The number of nitrogens with one attached hydrogen (secondary N) is 1. The van der Waals surface area contributed by atoms with Gasteiger partial charge in [0.1, 0.15) is 5.69 Å². The van der Waals surface area contributed by atoms with E-state index in [4.69, 9.17) is 4.98 Å². The second-order valence-electron chi connectivity index (χ2n) is 8.96. The number of likely N-dealkylation sites (tertiary alicyclic amines) is 1. The molecule has 2 aliphatic heterocycles. The molecule has 0 bridgehead atoms. The summed E-state index contributed by atoms with van der Waals surface area (Å²) in [6.45, 7) is 9.75. The van der Waals surface area contributed by atoms with Crippen molar-refractivity contribution in [3.05, 3.63) is 40.7 Å². The third-order valence-electron chi connectivity index (χ3n) is 5.81. The molecule has 8 nitrogen and oxygen atoms in total. The Morgan fingerprint density at radius 1 is 1.24 bits per heavy atom. The number of nitrogens with zero attached hydrogens (tertiary/aromatic N) is 5. The summed E-state index contributed by atoms with van der Waals surface area (Å²) in [5.74, 6) is 0.682. The van der Waals surface area contributed by atoms with Gasteiger partial charge < -0.3 is 9.80 Å². The zero-order valence-electron chi connectivity index (χ0n) is 17.5. The molecule has 0 aliphatic carbocycles. The number of amides is 2. The van der Waals surface area contributed by atoms with Crippen molar-refractivity contribution >= 4 is 11.8 Å². The van der Waals surface area contributed by atoms with Gasteiger partial charge in [-0.05, 0) is 18.9 Å². The first-order valence-corrected chi connectivity index (χ1v) is 10.2. The van der Waals surface area contributed by atoms with Gasteiger partial charge in [0, 0.05) is 55.8 Å². The van der Waals surface area contributed by atoms with Gasteiger partial charge in [-0.25, -0.2) is 9.97 Å². The monoisotopic (exact) mass is 396 g/mol. The van der Waals surface area contributed by atoms with E-state index in [9.17, 15) is 9.59 Å². The Morgan fingerprint density at radius 2 is 2.03 bits per heavy atom. The lowest BCUT2D eigenvalue weighted by atomic mass is 9.92. The average Bonchev–Trinajstić information content (AvgIpc) is 3.36. The number of hydrogen-bond acceptors (Lipinski definition) is 5. The zero-order valence-corrected chi connectivity index (χ0v) is 17.5. The second kappa shape index (κ2) is 7.24. The predicted molar refractivity (Wildman–Crippen MR) is 107 cm³/mol. The Labute approximate surface area is 170 Å². The van der Waals surface area contributed by atoms with Crippen LogP contribution in [0.1, 0.15) is 79.8 Å². The summed E-state index contributed by atoms with van der Waals surface area (Å²) in [5.41, 5.74) is 3.27. The molecule has 1 saturated heterocycles. The van der Waals surface area contributed by atoms with E-state index >= 15 is 0 Å². The molecule has 4 rings (SSSR count). The number of rotatable bonds is 2. The van der Waals surface area contributed by atoms with Crippen LogP contribution in [0.5, 0.6) is 0 Å². The normalized spacial score (nSPS) is 19.4. The van der Waals surface area contributed by atoms with Crippen LogP contribution in [0, 0.1) is 0 Å². The minimum atomic E-state index is -0.131. The maximum atomic E-state index is 13.1. The van der Waals surface area contributed by atoms with Crippen LogP contribution in [0.2, 0.25) is 0 Å². The quantitative estimate of drug-likeness (QED) is 0.841. The first-order chi connectivity index (χ1) is 13.7. The van der Waals surface area contributed by atoms with Crippen LogP contribution in [-0.4, -0.2) is 54.9 Å². The molecule has 29 heavy (non-hydrogen) atoms. The molecule has 8 heteroatoms. The lowest BCUT2D eigenvalue weighted by Crippen LogP contribution is -2.36. The number of H-pyrrole nitrogens is 1. The Hall–Kier alpha value is -2.77. The molecule has 0 aromatic carbocycles. The highest BCUT2D eigenvalue weighted by atomic mass is 16.2. The number of carbonyl (C=O) groups is 2. The molecular formula is C21H28N6O2. The summed E-state index contributed by atoms with van der Waals surface area (Å²) in [6.07, 6.45) is 4.31. The van der Waals surface area contributed by atoms with Gasteiger partial charge in [-0.15, -0.1) is 0 Å². The van der Waals surface area contributed by atoms with E-state index in [2.05, 4.69) is 36.0 Å². The summed E-state index contributed by atoms with van der Waals surface area (Å²) in [7, 11) is 0. The molecule has 4 heterocycles. The molecule has 2 amide bonds. The molecular weight excluding hydrogens is 368 g/mol. The van der Waals surface area contributed by atoms with Crippen molar-refractivity contribution in [3.8, 4) is 0 Å². The number of aromatic amines is 1.